The van der Waals surface area contributed by atoms with Crippen LogP contribution in [-0.2, 0) is 4.79 Å². The monoisotopic (exact) mass is 314 g/mol. The number of halogens is 1. The molecule has 1 unspecified atom stereocenters. The predicted octanol–water partition coefficient (Wildman–Crippen LogP) is 2.17. The summed E-state index contributed by atoms with van der Waals surface area (Å²) in [7, 11) is 0. The summed E-state index contributed by atoms with van der Waals surface area (Å²) in [4.78, 5) is 28.4. The third-order valence-electron chi connectivity index (χ3n) is 2.66. The number of carbonyl (C=O) groups is 2. The molecule has 0 spiro atoms. The number of carboxylic acid groups (broad SMARTS) is 1. The van der Waals surface area contributed by atoms with Crippen LogP contribution in [0.4, 0.5) is 0 Å². The number of aromatic nitrogens is 1. The van der Waals surface area contributed by atoms with Gasteiger partial charge in [-0.3, -0.25) is 9.59 Å². The first-order valence-electron chi connectivity index (χ1n) is 5.60. The van der Waals surface area contributed by atoms with Gasteiger partial charge in [0, 0.05) is 17.8 Å². The number of carbonyl (C=O) groups excluding carboxylic acids is 1. The lowest BCUT2D eigenvalue weighted by atomic mass is 10.1. The van der Waals surface area contributed by atoms with Crippen LogP contribution in [0, 0.1) is 0 Å². The third-order valence-corrected chi connectivity index (χ3v) is 3.10. The summed E-state index contributed by atoms with van der Waals surface area (Å²) in [6, 6.07) is 3.03. The number of carboxylic acids is 1. The Morgan fingerprint density at radius 1 is 1.56 bits per heavy atom. The molecule has 0 radical (unpaired) electrons. The van der Waals surface area contributed by atoms with Crippen LogP contribution >= 0.6 is 15.9 Å². The average Bonchev–Trinajstić information content (AvgIpc) is 2.34. The van der Waals surface area contributed by atoms with Gasteiger partial charge in [0.1, 0.15) is 11.1 Å². The highest BCUT2D eigenvalue weighted by molar-refractivity contribution is 9.10. The van der Waals surface area contributed by atoms with Crippen LogP contribution in [-0.4, -0.2) is 39.5 Å². The van der Waals surface area contributed by atoms with E-state index in [0.29, 0.717) is 16.6 Å². The molecule has 1 aromatic heterocycles. The van der Waals surface area contributed by atoms with Crippen LogP contribution in [0.3, 0.4) is 0 Å². The van der Waals surface area contributed by atoms with Crippen LogP contribution in [0.25, 0.3) is 0 Å². The third kappa shape index (κ3) is 3.80. The molecule has 1 aromatic rings. The highest BCUT2D eigenvalue weighted by atomic mass is 79.9. The van der Waals surface area contributed by atoms with E-state index < -0.39 is 5.97 Å². The van der Waals surface area contributed by atoms with Gasteiger partial charge in [0.25, 0.3) is 5.91 Å². The first-order chi connectivity index (χ1) is 8.45. The smallest absolute Gasteiger partial charge is 0.323 e. The van der Waals surface area contributed by atoms with Crippen molar-refractivity contribution < 1.29 is 14.7 Å². The summed E-state index contributed by atoms with van der Waals surface area (Å²) in [6.45, 7) is 3.44. The second-order valence-electron chi connectivity index (χ2n) is 3.95. The normalized spacial score (nSPS) is 11.9. The molecule has 98 valence electrons. The maximum absolute atomic E-state index is 12.2. The molecule has 0 aromatic carbocycles. The van der Waals surface area contributed by atoms with Crippen LogP contribution < -0.4 is 0 Å². The van der Waals surface area contributed by atoms with Gasteiger partial charge in [-0.1, -0.05) is 6.92 Å². The second-order valence-corrected chi connectivity index (χ2v) is 4.76. The Labute approximate surface area is 114 Å². The molecule has 0 saturated carbocycles. The summed E-state index contributed by atoms with van der Waals surface area (Å²) in [5, 5.41) is 8.86. The standard InChI is InChI=1S/C12H15BrN2O3/c1-3-8(2)15(7-11(16)17)12(18)9-4-5-14-10(13)6-9/h4-6,8H,3,7H2,1-2H3,(H,16,17). The fourth-order valence-corrected chi connectivity index (χ4v) is 1.86. The van der Waals surface area contributed by atoms with Crippen molar-refractivity contribution in [2.24, 2.45) is 0 Å². The highest BCUT2D eigenvalue weighted by Gasteiger charge is 2.22. The summed E-state index contributed by atoms with van der Waals surface area (Å²) in [5.74, 6) is -1.31. The molecule has 1 heterocycles. The molecule has 1 amide bonds. The SMILES string of the molecule is CCC(C)N(CC(=O)O)C(=O)c1ccnc(Br)c1. The lowest BCUT2D eigenvalue weighted by molar-refractivity contribution is -0.138. The summed E-state index contributed by atoms with van der Waals surface area (Å²) < 4.78 is 0.549. The van der Waals surface area contributed by atoms with Crippen molar-refractivity contribution in [3.63, 3.8) is 0 Å². The van der Waals surface area contributed by atoms with Gasteiger partial charge < -0.3 is 10.0 Å². The van der Waals surface area contributed by atoms with E-state index in [1.807, 2.05) is 13.8 Å². The van der Waals surface area contributed by atoms with E-state index >= 15 is 0 Å². The number of amides is 1. The minimum absolute atomic E-state index is 0.124. The van der Waals surface area contributed by atoms with E-state index in [2.05, 4.69) is 20.9 Å². The molecular formula is C12H15BrN2O3. The van der Waals surface area contributed by atoms with Gasteiger partial charge in [-0.25, -0.2) is 4.98 Å². The minimum Gasteiger partial charge on any atom is -0.480 e. The van der Waals surface area contributed by atoms with Crippen LogP contribution in [0.1, 0.15) is 30.6 Å². The van der Waals surface area contributed by atoms with E-state index in [1.165, 1.54) is 11.1 Å². The van der Waals surface area contributed by atoms with Crippen LogP contribution in [0.2, 0.25) is 0 Å². The van der Waals surface area contributed by atoms with Gasteiger partial charge in [-0.15, -0.1) is 0 Å². The Bertz CT molecular complexity index is 451. The fourth-order valence-electron chi connectivity index (χ4n) is 1.50. The Kier molecular flexibility index (Phi) is 5.27. The van der Waals surface area contributed by atoms with Crippen molar-refractivity contribution in [2.75, 3.05) is 6.54 Å². The zero-order chi connectivity index (χ0) is 13.7. The summed E-state index contributed by atoms with van der Waals surface area (Å²) in [5.41, 5.74) is 0.429. The molecule has 0 aliphatic rings. The lowest BCUT2D eigenvalue weighted by Gasteiger charge is -2.27. The molecule has 1 rings (SSSR count). The molecule has 1 atom stereocenters. The topological polar surface area (TPSA) is 70.5 Å². The Balaban J connectivity index is 2.98. The lowest BCUT2D eigenvalue weighted by Crippen LogP contribution is -2.41. The quantitative estimate of drug-likeness (QED) is 0.846. The predicted molar refractivity (Wildman–Crippen MR) is 70.4 cm³/mol. The van der Waals surface area contributed by atoms with E-state index in [0.717, 1.165) is 0 Å². The van der Waals surface area contributed by atoms with E-state index in [-0.39, 0.29) is 18.5 Å². The summed E-state index contributed by atoms with van der Waals surface area (Å²) >= 11 is 3.19. The Morgan fingerprint density at radius 2 is 2.22 bits per heavy atom. The van der Waals surface area contributed by atoms with E-state index in [1.54, 1.807) is 12.1 Å². The number of aliphatic carboxylic acids is 1. The number of hydrogen-bond acceptors (Lipinski definition) is 3. The van der Waals surface area contributed by atoms with Crippen molar-refractivity contribution in [3.8, 4) is 0 Å². The summed E-state index contributed by atoms with van der Waals surface area (Å²) in [6.07, 6.45) is 2.21. The molecule has 1 N–H and O–H groups in total. The molecule has 0 bridgehead atoms. The van der Waals surface area contributed by atoms with Gasteiger partial charge in [0.2, 0.25) is 0 Å². The largest absolute Gasteiger partial charge is 0.480 e. The molecule has 6 heteroatoms. The number of rotatable bonds is 5. The molecule has 18 heavy (non-hydrogen) atoms. The van der Waals surface area contributed by atoms with Gasteiger partial charge in [-0.2, -0.15) is 0 Å². The first-order valence-corrected chi connectivity index (χ1v) is 6.39. The fraction of sp³-hybridized carbons (Fsp3) is 0.417. The number of hydrogen-bond donors (Lipinski definition) is 1. The van der Waals surface area contributed by atoms with Gasteiger partial charge >= 0.3 is 5.97 Å². The Hall–Kier alpha value is -1.43. The van der Waals surface area contributed by atoms with Crippen molar-refractivity contribution >= 4 is 27.8 Å². The van der Waals surface area contributed by atoms with Gasteiger partial charge in [-0.05, 0) is 41.4 Å². The average molecular weight is 315 g/mol. The number of nitrogens with zero attached hydrogens (tertiary/aromatic N) is 2. The van der Waals surface area contributed by atoms with Crippen LogP contribution in [0.15, 0.2) is 22.9 Å². The van der Waals surface area contributed by atoms with Gasteiger partial charge in [0.05, 0.1) is 0 Å². The van der Waals surface area contributed by atoms with Gasteiger partial charge in [0.15, 0.2) is 0 Å². The van der Waals surface area contributed by atoms with Crippen molar-refractivity contribution in [3.05, 3.63) is 28.5 Å². The molecule has 5 nitrogen and oxygen atoms in total. The first kappa shape index (κ1) is 14.6. The van der Waals surface area contributed by atoms with Crippen molar-refractivity contribution in [1.82, 2.24) is 9.88 Å². The van der Waals surface area contributed by atoms with Crippen LogP contribution in [0.5, 0.6) is 0 Å². The zero-order valence-corrected chi connectivity index (χ0v) is 11.8. The minimum atomic E-state index is -1.02. The highest BCUT2D eigenvalue weighted by Crippen LogP contribution is 2.13. The maximum atomic E-state index is 12.2. The molecule has 0 aliphatic heterocycles. The van der Waals surface area contributed by atoms with E-state index in [9.17, 15) is 9.59 Å². The molecular weight excluding hydrogens is 300 g/mol. The zero-order valence-electron chi connectivity index (χ0n) is 10.3. The second kappa shape index (κ2) is 6.49. The van der Waals surface area contributed by atoms with E-state index in [4.69, 9.17) is 5.11 Å². The molecule has 0 fully saturated rings. The molecule has 0 saturated heterocycles. The molecule has 0 aliphatic carbocycles. The number of pyridine rings is 1. The van der Waals surface area contributed by atoms with Crippen molar-refractivity contribution in [1.29, 1.82) is 0 Å². The van der Waals surface area contributed by atoms with Crippen molar-refractivity contribution in [2.45, 2.75) is 26.3 Å². The maximum Gasteiger partial charge on any atom is 0.323 e. The Morgan fingerprint density at radius 3 is 2.72 bits per heavy atom.